The monoisotopic (exact) mass is 499 g/mol. The van der Waals surface area contributed by atoms with Crippen molar-refractivity contribution in [3.8, 4) is 0 Å². The van der Waals surface area contributed by atoms with Gasteiger partial charge in [-0.1, -0.05) is 152 Å². The summed E-state index contributed by atoms with van der Waals surface area (Å²) in [6, 6.07) is 0. The molecule has 2 bridgehead atoms. The lowest BCUT2D eigenvalue weighted by Crippen LogP contribution is -2.45. The van der Waals surface area contributed by atoms with Crippen LogP contribution in [-0.2, 0) is 0 Å². The Balaban J connectivity index is 1.27. The lowest BCUT2D eigenvalue weighted by molar-refractivity contribution is -0.0252. The van der Waals surface area contributed by atoms with Gasteiger partial charge in [0.25, 0.3) is 0 Å². The molecule has 37 heavy (non-hydrogen) atoms. The normalized spacial score (nSPS) is 42.7. The molecule has 0 N–H and O–H groups in total. The standard InChI is InChI=1S/C34H58B3/c1-30(18-12-13-24-34(36,25-14-19-30)37-29-16-8-4-2-5-9-17-29)31-20-15-21-32(28-31,27-26-31)33(35)22-10-6-3-7-11-23-33/h29H,2-28H2,1H3. The number of hydrogen-bond donors (Lipinski definition) is 0. The molecule has 0 aromatic heterocycles. The van der Waals surface area contributed by atoms with Crippen LogP contribution in [0, 0.1) is 16.2 Å². The number of hydrogen-bond acceptors (Lipinski definition) is 0. The van der Waals surface area contributed by atoms with Crippen LogP contribution in [0.1, 0.15) is 180 Å². The average molecular weight is 499 g/mol. The van der Waals surface area contributed by atoms with Gasteiger partial charge in [-0.05, 0) is 61.2 Å². The summed E-state index contributed by atoms with van der Waals surface area (Å²) in [5.74, 6) is 0.773. The quantitative estimate of drug-likeness (QED) is 0.338. The molecule has 0 aromatic rings. The molecule has 5 aliphatic rings. The van der Waals surface area contributed by atoms with Crippen LogP contribution in [0.5, 0.6) is 0 Å². The molecule has 0 amide bonds. The second-order valence-electron chi connectivity index (χ2n) is 15.6. The predicted octanol–water partition coefficient (Wildman–Crippen LogP) is 10.7. The maximum atomic E-state index is 7.51. The minimum absolute atomic E-state index is 0.0149. The summed E-state index contributed by atoms with van der Waals surface area (Å²) in [5, 5.41) is 0.0996. The third kappa shape index (κ3) is 6.11. The van der Waals surface area contributed by atoms with Crippen LogP contribution in [0.25, 0.3) is 0 Å². The van der Waals surface area contributed by atoms with Crippen molar-refractivity contribution in [3.63, 3.8) is 0 Å². The first-order valence-corrected chi connectivity index (χ1v) is 17.3. The second-order valence-corrected chi connectivity index (χ2v) is 15.6. The number of fused-ring (bicyclic) bond motifs is 2. The molecule has 0 heterocycles. The summed E-state index contributed by atoms with van der Waals surface area (Å²) >= 11 is 0. The van der Waals surface area contributed by atoms with Crippen LogP contribution in [0.3, 0.4) is 0 Å². The Kier molecular flexibility index (Phi) is 9.29. The molecule has 5 rings (SSSR count). The fourth-order valence-corrected chi connectivity index (χ4v) is 10.9. The van der Waals surface area contributed by atoms with Crippen molar-refractivity contribution in [2.75, 3.05) is 0 Å². The minimum atomic E-state index is -0.0149. The zero-order valence-electron chi connectivity index (χ0n) is 24.9. The van der Waals surface area contributed by atoms with Crippen LogP contribution in [0.15, 0.2) is 0 Å². The molecule has 0 nitrogen and oxygen atoms in total. The Morgan fingerprint density at radius 1 is 0.486 bits per heavy atom. The van der Waals surface area contributed by atoms with Gasteiger partial charge in [0.2, 0.25) is 0 Å². The molecule has 0 aromatic carbocycles. The van der Waals surface area contributed by atoms with E-state index in [0.717, 1.165) is 5.82 Å². The van der Waals surface area contributed by atoms with Gasteiger partial charge in [-0.2, -0.15) is 0 Å². The van der Waals surface area contributed by atoms with Gasteiger partial charge in [0, 0.05) is 0 Å². The lowest BCUT2D eigenvalue weighted by atomic mass is 9.34. The zero-order valence-corrected chi connectivity index (χ0v) is 24.9. The smallest absolute Gasteiger partial charge is 0.0907 e. The second kappa shape index (κ2) is 12.0. The summed E-state index contributed by atoms with van der Waals surface area (Å²) < 4.78 is 0. The Labute approximate surface area is 235 Å². The summed E-state index contributed by atoms with van der Waals surface area (Å²) in [6.45, 7) is 2.73. The summed E-state index contributed by atoms with van der Waals surface area (Å²) in [4.78, 5) is 0. The van der Waals surface area contributed by atoms with E-state index < -0.39 is 0 Å². The zero-order chi connectivity index (χ0) is 25.9. The third-order valence-electron chi connectivity index (χ3n) is 13.4. The fraction of sp³-hybridized carbons (Fsp3) is 1.00. The molecular weight excluding hydrogens is 441 g/mol. The first-order chi connectivity index (χ1) is 17.8. The number of rotatable bonds is 4. The molecular formula is C34H58B3. The molecule has 0 aliphatic heterocycles. The first-order valence-electron chi connectivity index (χ1n) is 17.3. The molecule has 5 fully saturated rings. The van der Waals surface area contributed by atoms with E-state index in [-0.39, 0.29) is 10.5 Å². The van der Waals surface area contributed by atoms with Crippen LogP contribution in [0.2, 0.25) is 16.3 Å². The molecule has 4 unspecified atom stereocenters. The molecule has 0 spiro atoms. The Bertz CT molecular complexity index is 721. The maximum Gasteiger partial charge on any atom is 0.111 e. The molecule has 4 atom stereocenters. The van der Waals surface area contributed by atoms with E-state index in [1.54, 1.807) is 0 Å². The highest BCUT2D eigenvalue weighted by atomic mass is 14.7. The van der Waals surface area contributed by atoms with Crippen molar-refractivity contribution in [1.29, 1.82) is 0 Å². The molecule has 203 valence electrons. The van der Waals surface area contributed by atoms with Gasteiger partial charge >= 0.3 is 0 Å². The van der Waals surface area contributed by atoms with E-state index in [1.165, 1.54) is 173 Å². The average Bonchev–Trinajstić information content (AvgIpc) is 3.16. The highest BCUT2D eigenvalue weighted by molar-refractivity contribution is 6.55. The van der Waals surface area contributed by atoms with Gasteiger partial charge in [-0.25, -0.2) is 0 Å². The Hall–Kier alpha value is 0.195. The van der Waals surface area contributed by atoms with Gasteiger partial charge in [-0.15, -0.1) is 0 Å². The largest absolute Gasteiger partial charge is 0.111 e. The fourth-order valence-electron chi connectivity index (χ4n) is 10.9. The van der Waals surface area contributed by atoms with Crippen LogP contribution in [-0.4, -0.2) is 23.0 Å². The summed E-state index contributed by atoms with van der Waals surface area (Å²) in [5.41, 5.74) is 1.47. The first kappa shape index (κ1) is 28.7. The summed E-state index contributed by atoms with van der Waals surface area (Å²) in [7, 11) is 17.5. The highest BCUT2D eigenvalue weighted by Gasteiger charge is 2.62. The van der Waals surface area contributed by atoms with Crippen molar-refractivity contribution in [1.82, 2.24) is 0 Å². The highest BCUT2D eigenvalue weighted by Crippen LogP contribution is 2.74. The van der Waals surface area contributed by atoms with Crippen molar-refractivity contribution in [2.24, 2.45) is 16.2 Å². The molecule has 5 saturated carbocycles. The van der Waals surface area contributed by atoms with E-state index in [0.29, 0.717) is 16.2 Å². The maximum absolute atomic E-state index is 7.51. The van der Waals surface area contributed by atoms with Gasteiger partial charge < -0.3 is 0 Å². The third-order valence-corrected chi connectivity index (χ3v) is 13.4. The van der Waals surface area contributed by atoms with Crippen LogP contribution >= 0.6 is 0 Å². The van der Waals surface area contributed by atoms with Crippen molar-refractivity contribution >= 4 is 23.0 Å². The van der Waals surface area contributed by atoms with E-state index in [2.05, 4.69) is 14.2 Å². The van der Waals surface area contributed by atoms with Crippen molar-refractivity contribution in [3.05, 3.63) is 0 Å². The molecule has 5 radical (unpaired) electrons. The van der Waals surface area contributed by atoms with Crippen LogP contribution < -0.4 is 0 Å². The van der Waals surface area contributed by atoms with Gasteiger partial charge in [-0.3, -0.25) is 0 Å². The predicted molar refractivity (Wildman–Crippen MR) is 164 cm³/mol. The Morgan fingerprint density at radius 3 is 1.70 bits per heavy atom. The van der Waals surface area contributed by atoms with Gasteiger partial charge in [0.15, 0.2) is 0 Å². The topological polar surface area (TPSA) is 0 Å². The SMILES string of the molecule is [B]C1([B]C2CCCCCCC2)CCCCC(C)(C23CCCC(C4([B])CCCCCCC4)(CC2)C3)CCC1. The van der Waals surface area contributed by atoms with Crippen LogP contribution in [0.4, 0.5) is 0 Å². The van der Waals surface area contributed by atoms with E-state index >= 15 is 0 Å². The lowest BCUT2D eigenvalue weighted by Gasteiger charge is -2.56. The molecule has 5 aliphatic carbocycles. The molecule has 3 heteroatoms. The van der Waals surface area contributed by atoms with E-state index in [9.17, 15) is 0 Å². The van der Waals surface area contributed by atoms with E-state index in [4.69, 9.17) is 15.7 Å². The minimum Gasteiger partial charge on any atom is -0.0907 e. The van der Waals surface area contributed by atoms with E-state index in [1.807, 2.05) is 0 Å². The Morgan fingerprint density at radius 2 is 0.973 bits per heavy atom. The summed E-state index contributed by atoms with van der Waals surface area (Å²) in [6.07, 6.45) is 37.6. The van der Waals surface area contributed by atoms with Gasteiger partial charge in [0.1, 0.15) is 7.28 Å². The van der Waals surface area contributed by atoms with Gasteiger partial charge in [0.05, 0.1) is 15.7 Å². The molecule has 0 saturated heterocycles. The van der Waals surface area contributed by atoms with Crippen molar-refractivity contribution in [2.45, 2.75) is 197 Å². The van der Waals surface area contributed by atoms with Crippen molar-refractivity contribution < 1.29 is 0 Å².